The van der Waals surface area contributed by atoms with E-state index >= 15 is 0 Å². The highest BCUT2D eigenvalue weighted by molar-refractivity contribution is 7.22. The van der Waals surface area contributed by atoms with Gasteiger partial charge < -0.3 is 5.32 Å². The number of rotatable bonds is 4. The summed E-state index contributed by atoms with van der Waals surface area (Å²) >= 11 is 1.41. The van der Waals surface area contributed by atoms with Crippen LogP contribution in [0, 0.1) is 0 Å². The number of nitrogens with one attached hydrogen (secondary N) is 2. The molecule has 0 aliphatic rings. The Kier molecular flexibility index (Phi) is 4.63. The fourth-order valence-corrected chi connectivity index (χ4v) is 3.50. The van der Waals surface area contributed by atoms with Crippen molar-refractivity contribution in [3.8, 4) is 0 Å². The first-order valence-corrected chi connectivity index (χ1v) is 9.03. The molecular weight excluding hydrogens is 362 g/mol. The summed E-state index contributed by atoms with van der Waals surface area (Å²) in [5, 5.41) is 6.07. The molecular formula is C19H15N5O2S. The van der Waals surface area contributed by atoms with Gasteiger partial charge in [-0.2, -0.15) is 0 Å². The van der Waals surface area contributed by atoms with Gasteiger partial charge in [0.2, 0.25) is 0 Å². The van der Waals surface area contributed by atoms with Gasteiger partial charge in [-0.15, -0.1) is 0 Å². The summed E-state index contributed by atoms with van der Waals surface area (Å²) in [6.45, 7) is 0.377. The molecule has 27 heavy (non-hydrogen) atoms. The average Bonchev–Trinajstić information content (AvgIpc) is 3.06. The standard InChI is InChI=1S/C19H15N5O2S/c25-17(23-18-22-15-7-1-2-8-16(15)27-18)21-14-6-3-5-13(11-14)12-24-10-4-9-20-19(24)26/h1-11H,12H2,(H2,21,22,23,25). The molecule has 0 bridgehead atoms. The summed E-state index contributed by atoms with van der Waals surface area (Å²) < 4.78 is 2.51. The van der Waals surface area contributed by atoms with E-state index < -0.39 is 0 Å². The summed E-state index contributed by atoms with van der Waals surface area (Å²) in [6, 6.07) is 16.3. The van der Waals surface area contributed by atoms with Crippen LogP contribution in [0.1, 0.15) is 5.56 Å². The minimum Gasteiger partial charge on any atom is -0.308 e. The molecule has 2 amide bonds. The zero-order valence-electron chi connectivity index (χ0n) is 14.1. The van der Waals surface area contributed by atoms with Gasteiger partial charge >= 0.3 is 11.7 Å². The first kappa shape index (κ1) is 16.9. The summed E-state index contributed by atoms with van der Waals surface area (Å²) in [5.74, 6) is 0. The average molecular weight is 377 g/mol. The Hall–Kier alpha value is -3.52. The maximum absolute atomic E-state index is 12.3. The number of hydrogen-bond acceptors (Lipinski definition) is 5. The third-order valence-corrected chi connectivity index (χ3v) is 4.79. The van der Waals surface area contributed by atoms with Crippen molar-refractivity contribution < 1.29 is 4.79 Å². The molecule has 0 aliphatic heterocycles. The maximum atomic E-state index is 12.3. The van der Waals surface area contributed by atoms with E-state index in [1.165, 1.54) is 22.1 Å². The molecule has 0 fully saturated rings. The van der Waals surface area contributed by atoms with Crippen LogP contribution in [0.4, 0.5) is 15.6 Å². The molecule has 7 nitrogen and oxygen atoms in total. The van der Waals surface area contributed by atoms with E-state index in [2.05, 4.69) is 20.6 Å². The fourth-order valence-electron chi connectivity index (χ4n) is 2.64. The van der Waals surface area contributed by atoms with E-state index in [1.807, 2.05) is 42.5 Å². The van der Waals surface area contributed by atoms with Gasteiger partial charge in [0.05, 0.1) is 16.8 Å². The van der Waals surface area contributed by atoms with Gasteiger partial charge in [0.1, 0.15) is 0 Å². The Morgan fingerprint density at radius 1 is 1.07 bits per heavy atom. The molecule has 134 valence electrons. The SMILES string of the molecule is O=C(Nc1cccc(Cn2cccnc2=O)c1)Nc1nc2ccccc2s1. The number of carbonyl (C=O) groups is 1. The second-order valence-corrected chi connectivity index (χ2v) is 6.83. The molecule has 0 radical (unpaired) electrons. The van der Waals surface area contributed by atoms with Gasteiger partial charge in [0.25, 0.3) is 0 Å². The number of urea groups is 1. The molecule has 2 heterocycles. The van der Waals surface area contributed by atoms with Crippen LogP contribution in [-0.2, 0) is 6.54 Å². The molecule has 0 saturated carbocycles. The number of fused-ring (bicyclic) bond motifs is 1. The lowest BCUT2D eigenvalue weighted by molar-refractivity contribution is 0.262. The van der Waals surface area contributed by atoms with Gasteiger partial charge in [-0.05, 0) is 35.9 Å². The number of benzene rings is 2. The van der Waals surface area contributed by atoms with Crippen LogP contribution < -0.4 is 16.3 Å². The summed E-state index contributed by atoms with van der Waals surface area (Å²) in [4.78, 5) is 32.1. The summed E-state index contributed by atoms with van der Waals surface area (Å²) in [7, 11) is 0. The van der Waals surface area contributed by atoms with E-state index in [9.17, 15) is 9.59 Å². The number of thiazole rings is 1. The molecule has 0 saturated heterocycles. The van der Waals surface area contributed by atoms with E-state index in [1.54, 1.807) is 18.3 Å². The van der Waals surface area contributed by atoms with Crippen molar-refractivity contribution in [2.24, 2.45) is 0 Å². The molecule has 8 heteroatoms. The zero-order valence-corrected chi connectivity index (χ0v) is 14.9. The Morgan fingerprint density at radius 2 is 1.96 bits per heavy atom. The topological polar surface area (TPSA) is 88.9 Å². The van der Waals surface area contributed by atoms with Crippen LogP contribution in [0.3, 0.4) is 0 Å². The third kappa shape index (κ3) is 4.01. The molecule has 0 spiro atoms. The molecule has 0 unspecified atom stereocenters. The van der Waals surface area contributed by atoms with E-state index in [0.717, 1.165) is 15.8 Å². The van der Waals surface area contributed by atoms with Crippen LogP contribution in [-0.4, -0.2) is 20.6 Å². The van der Waals surface area contributed by atoms with Crippen molar-refractivity contribution in [1.29, 1.82) is 0 Å². The number of anilines is 2. The number of hydrogen-bond donors (Lipinski definition) is 2. The van der Waals surface area contributed by atoms with E-state index in [-0.39, 0.29) is 11.7 Å². The van der Waals surface area contributed by atoms with Gasteiger partial charge in [-0.1, -0.05) is 35.6 Å². The Morgan fingerprint density at radius 3 is 2.81 bits per heavy atom. The molecule has 4 rings (SSSR count). The van der Waals surface area contributed by atoms with Gasteiger partial charge in [0, 0.05) is 18.1 Å². The molecule has 0 atom stereocenters. The van der Waals surface area contributed by atoms with Gasteiger partial charge in [0.15, 0.2) is 5.13 Å². The predicted octanol–water partition coefficient (Wildman–Crippen LogP) is 3.55. The molecule has 2 N–H and O–H groups in total. The molecule has 2 aromatic carbocycles. The molecule has 4 aromatic rings. The number of nitrogens with zero attached hydrogens (tertiary/aromatic N) is 3. The second-order valence-electron chi connectivity index (χ2n) is 5.80. The van der Waals surface area contributed by atoms with Crippen molar-refractivity contribution in [1.82, 2.24) is 14.5 Å². The quantitative estimate of drug-likeness (QED) is 0.569. The minimum atomic E-state index is -0.371. The smallest absolute Gasteiger partial charge is 0.308 e. The monoisotopic (exact) mass is 377 g/mol. The normalized spacial score (nSPS) is 10.7. The molecule has 2 aromatic heterocycles. The largest absolute Gasteiger partial charge is 0.347 e. The minimum absolute atomic E-state index is 0.315. The van der Waals surface area contributed by atoms with Crippen LogP contribution in [0.5, 0.6) is 0 Å². The highest BCUT2D eigenvalue weighted by atomic mass is 32.1. The maximum Gasteiger partial charge on any atom is 0.347 e. The highest BCUT2D eigenvalue weighted by Gasteiger charge is 2.08. The van der Waals surface area contributed by atoms with Crippen molar-refractivity contribution in [3.63, 3.8) is 0 Å². The zero-order chi connectivity index (χ0) is 18.6. The summed E-state index contributed by atoms with van der Waals surface area (Å²) in [6.07, 6.45) is 3.14. The van der Waals surface area contributed by atoms with E-state index in [4.69, 9.17) is 0 Å². The number of amides is 2. The number of para-hydroxylation sites is 1. The van der Waals surface area contributed by atoms with Crippen LogP contribution in [0.2, 0.25) is 0 Å². The lowest BCUT2D eigenvalue weighted by Crippen LogP contribution is -2.22. The Labute approximate surface area is 158 Å². The van der Waals surface area contributed by atoms with Gasteiger partial charge in [-0.25, -0.2) is 19.6 Å². The van der Waals surface area contributed by atoms with Crippen LogP contribution in [0.15, 0.2) is 71.8 Å². The fraction of sp³-hybridized carbons (Fsp3) is 0.0526. The Bertz CT molecular complexity index is 1130. The third-order valence-electron chi connectivity index (χ3n) is 3.83. The molecule has 0 aliphatic carbocycles. The number of aromatic nitrogens is 3. The Balaban J connectivity index is 1.45. The summed E-state index contributed by atoms with van der Waals surface area (Å²) in [5.41, 5.74) is 2.04. The lowest BCUT2D eigenvalue weighted by Gasteiger charge is -2.08. The number of carbonyl (C=O) groups excluding carboxylic acids is 1. The van der Waals surface area contributed by atoms with Crippen molar-refractivity contribution in [3.05, 3.63) is 83.0 Å². The van der Waals surface area contributed by atoms with Crippen molar-refractivity contribution in [2.75, 3.05) is 10.6 Å². The first-order chi connectivity index (χ1) is 13.2. The van der Waals surface area contributed by atoms with E-state index in [0.29, 0.717) is 17.4 Å². The van der Waals surface area contributed by atoms with Crippen LogP contribution >= 0.6 is 11.3 Å². The van der Waals surface area contributed by atoms with Gasteiger partial charge in [-0.3, -0.25) is 9.88 Å². The second kappa shape index (κ2) is 7.38. The van der Waals surface area contributed by atoms with Crippen molar-refractivity contribution in [2.45, 2.75) is 6.54 Å². The van der Waals surface area contributed by atoms with Crippen LogP contribution in [0.25, 0.3) is 10.2 Å². The first-order valence-electron chi connectivity index (χ1n) is 8.21. The van der Waals surface area contributed by atoms with Crippen molar-refractivity contribution >= 4 is 38.4 Å². The lowest BCUT2D eigenvalue weighted by atomic mass is 10.2. The predicted molar refractivity (Wildman–Crippen MR) is 106 cm³/mol. The highest BCUT2D eigenvalue weighted by Crippen LogP contribution is 2.25.